The van der Waals surface area contributed by atoms with Gasteiger partial charge in [-0.3, -0.25) is 4.79 Å². The molecule has 0 aliphatic rings. The molecule has 3 heterocycles. The number of hydrogen-bond acceptors (Lipinski definition) is 8. The first-order chi connectivity index (χ1) is 17.4. The van der Waals surface area contributed by atoms with Gasteiger partial charge in [0.1, 0.15) is 11.6 Å². The molecule has 0 atom stereocenters. The summed E-state index contributed by atoms with van der Waals surface area (Å²) in [5.41, 5.74) is 2.10. The van der Waals surface area contributed by atoms with Crippen molar-refractivity contribution in [2.45, 2.75) is 13.8 Å². The predicted molar refractivity (Wildman–Crippen MR) is 132 cm³/mol. The van der Waals surface area contributed by atoms with Crippen LogP contribution in [0.1, 0.15) is 23.0 Å². The molecule has 0 unspecified atom stereocenters. The summed E-state index contributed by atoms with van der Waals surface area (Å²) in [5, 5.41) is 8.89. The van der Waals surface area contributed by atoms with E-state index in [4.69, 9.17) is 4.74 Å². The largest absolute Gasteiger partial charge is 0.494 e. The number of pyridine rings is 2. The van der Waals surface area contributed by atoms with Crippen LogP contribution >= 0.6 is 0 Å². The standard InChI is InChI=1S/C25H23F2N7O2/c1-4-28-25(35)17-13-31-22(34-18-6-7-21(27)32-14(18)2)12-19(17)33-20-11-15(26)10-16(23(20)36-3)24-29-8-5-9-30-24/h5-13H,4H2,1-3H3,(H,28,35)(H2,31,33,34). The van der Waals surface area contributed by atoms with E-state index in [2.05, 4.69) is 35.9 Å². The predicted octanol–water partition coefficient (Wildman–Crippen LogP) is 4.77. The second-order valence-corrected chi connectivity index (χ2v) is 7.60. The molecule has 4 rings (SSSR count). The van der Waals surface area contributed by atoms with Crippen molar-refractivity contribution in [3.8, 4) is 17.1 Å². The molecule has 1 aromatic carbocycles. The summed E-state index contributed by atoms with van der Waals surface area (Å²) >= 11 is 0. The molecule has 11 heteroatoms. The summed E-state index contributed by atoms with van der Waals surface area (Å²) in [6.07, 6.45) is 4.47. The summed E-state index contributed by atoms with van der Waals surface area (Å²) in [6, 6.07) is 8.50. The Hall–Kier alpha value is -4.67. The molecule has 36 heavy (non-hydrogen) atoms. The topological polar surface area (TPSA) is 114 Å². The Labute approximate surface area is 206 Å². The van der Waals surface area contributed by atoms with Gasteiger partial charge >= 0.3 is 0 Å². The Kier molecular flexibility index (Phi) is 7.28. The number of halogens is 2. The molecule has 0 bridgehead atoms. The minimum Gasteiger partial charge on any atom is -0.494 e. The molecule has 184 valence electrons. The summed E-state index contributed by atoms with van der Waals surface area (Å²) in [5.74, 6) is -0.617. The number of aryl methyl sites for hydroxylation is 1. The minimum atomic E-state index is -0.601. The van der Waals surface area contributed by atoms with E-state index in [1.165, 1.54) is 37.6 Å². The van der Waals surface area contributed by atoms with Crippen LogP contribution in [-0.2, 0) is 0 Å². The number of rotatable bonds is 8. The highest BCUT2D eigenvalue weighted by molar-refractivity contribution is 6.01. The van der Waals surface area contributed by atoms with Crippen molar-refractivity contribution < 1.29 is 18.3 Å². The van der Waals surface area contributed by atoms with Gasteiger partial charge in [0.05, 0.1) is 41.0 Å². The van der Waals surface area contributed by atoms with Gasteiger partial charge in [-0.1, -0.05) is 0 Å². The van der Waals surface area contributed by atoms with Crippen molar-refractivity contribution >= 4 is 28.8 Å². The lowest BCUT2D eigenvalue weighted by molar-refractivity contribution is 0.0956. The fourth-order valence-electron chi connectivity index (χ4n) is 3.52. The molecule has 0 radical (unpaired) electrons. The molecule has 1 amide bonds. The maximum atomic E-state index is 14.7. The first kappa shape index (κ1) is 24.5. The Bertz CT molecular complexity index is 1400. The summed E-state index contributed by atoms with van der Waals surface area (Å²) < 4.78 is 33.6. The van der Waals surface area contributed by atoms with Crippen LogP contribution in [0.25, 0.3) is 11.4 Å². The monoisotopic (exact) mass is 491 g/mol. The summed E-state index contributed by atoms with van der Waals surface area (Å²) in [4.78, 5) is 29.2. The van der Waals surface area contributed by atoms with Crippen molar-refractivity contribution in [1.82, 2.24) is 25.3 Å². The van der Waals surface area contributed by atoms with Crippen molar-refractivity contribution in [2.24, 2.45) is 0 Å². The molecule has 0 spiro atoms. The molecule has 0 aliphatic heterocycles. The van der Waals surface area contributed by atoms with Crippen LogP contribution in [0.2, 0.25) is 0 Å². The number of methoxy groups -OCH3 is 1. The summed E-state index contributed by atoms with van der Waals surface area (Å²) in [7, 11) is 1.44. The number of hydrogen-bond donors (Lipinski definition) is 3. The zero-order valence-electron chi connectivity index (χ0n) is 19.8. The lowest BCUT2D eigenvalue weighted by atomic mass is 10.1. The number of nitrogens with zero attached hydrogens (tertiary/aromatic N) is 4. The number of ether oxygens (including phenoxy) is 1. The van der Waals surface area contributed by atoms with Crippen molar-refractivity contribution in [3.63, 3.8) is 0 Å². The van der Waals surface area contributed by atoms with Gasteiger partial charge in [-0.2, -0.15) is 4.39 Å². The Morgan fingerprint density at radius 3 is 2.47 bits per heavy atom. The van der Waals surface area contributed by atoms with Gasteiger partial charge in [0.2, 0.25) is 5.95 Å². The van der Waals surface area contributed by atoms with Gasteiger partial charge in [0.15, 0.2) is 11.6 Å². The molecule has 3 N–H and O–H groups in total. The lowest BCUT2D eigenvalue weighted by Gasteiger charge is -2.18. The van der Waals surface area contributed by atoms with E-state index < -0.39 is 11.8 Å². The van der Waals surface area contributed by atoms with E-state index >= 15 is 0 Å². The highest BCUT2D eigenvalue weighted by atomic mass is 19.1. The highest BCUT2D eigenvalue weighted by Crippen LogP contribution is 2.38. The maximum absolute atomic E-state index is 14.7. The van der Waals surface area contributed by atoms with Gasteiger partial charge in [-0.15, -0.1) is 0 Å². The van der Waals surface area contributed by atoms with E-state index in [9.17, 15) is 13.6 Å². The first-order valence-corrected chi connectivity index (χ1v) is 11.0. The zero-order chi connectivity index (χ0) is 25.7. The molecule has 0 saturated heterocycles. The fraction of sp³-hybridized carbons (Fsp3) is 0.160. The van der Waals surface area contributed by atoms with Crippen LogP contribution in [0.5, 0.6) is 5.75 Å². The second-order valence-electron chi connectivity index (χ2n) is 7.60. The van der Waals surface area contributed by atoms with Crippen LogP contribution in [0.4, 0.5) is 31.7 Å². The van der Waals surface area contributed by atoms with Crippen LogP contribution in [0.3, 0.4) is 0 Å². The number of carbonyl (C=O) groups excluding carboxylic acids is 1. The third-order valence-corrected chi connectivity index (χ3v) is 5.13. The van der Waals surface area contributed by atoms with Crippen molar-refractivity contribution in [2.75, 3.05) is 24.3 Å². The van der Waals surface area contributed by atoms with Gasteiger partial charge in [-0.25, -0.2) is 24.3 Å². The zero-order valence-corrected chi connectivity index (χ0v) is 19.8. The number of anilines is 4. The smallest absolute Gasteiger partial charge is 0.254 e. The third kappa shape index (κ3) is 5.35. The Balaban J connectivity index is 1.78. The number of amides is 1. The third-order valence-electron chi connectivity index (χ3n) is 5.13. The van der Waals surface area contributed by atoms with E-state index in [0.29, 0.717) is 35.0 Å². The normalized spacial score (nSPS) is 10.6. The number of aromatic nitrogens is 4. The van der Waals surface area contributed by atoms with E-state index in [1.54, 1.807) is 38.4 Å². The molecule has 9 nitrogen and oxygen atoms in total. The van der Waals surface area contributed by atoms with Gasteiger partial charge in [-0.05, 0) is 38.1 Å². The SMILES string of the molecule is CCNC(=O)c1cnc(Nc2ccc(F)nc2C)cc1Nc1cc(F)cc(-c2ncccn2)c1OC. The summed E-state index contributed by atoms with van der Waals surface area (Å²) in [6.45, 7) is 3.84. The van der Waals surface area contributed by atoms with Gasteiger partial charge in [0, 0.05) is 37.3 Å². The molecule has 4 aromatic rings. The maximum Gasteiger partial charge on any atom is 0.254 e. The van der Waals surface area contributed by atoms with E-state index in [1.807, 2.05) is 0 Å². The Morgan fingerprint density at radius 1 is 1.00 bits per heavy atom. The minimum absolute atomic E-state index is 0.222. The number of benzene rings is 1. The second kappa shape index (κ2) is 10.7. The van der Waals surface area contributed by atoms with Crippen molar-refractivity contribution in [1.29, 1.82) is 0 Å². The fourth-order valence-corrected chi connectivity index (χ4v) is 3.52. The average molecular weight is 492 g/mol. The van der Waals surface area contributed by atoms with Crippen LogP contribution in [-0.4, -0.2) is 39.5 Å². The highest BCUT2D eigenvalue weighted by Gasteiger charge is 2.19. The molecule has 0 aliphatic carbocycles. The molecular weight excluding hydrogens is 468 g/mol. The lowest BCUT2D eigenvalue weighted by Crippen LogP contribution is -2.24. The molecular formula is C25H23F2N7O2. The molecule has 0 fully saturated rings. The molecule has 3 aromatic heterocycles. The van der Waals surface area contributed by atoms with E-state index in [-0.39, 0.29) is 28.7 Å². The van der Waals surface area contributed by atoms with Crippen LogP contribution in [0.15, 0.2) is 55.0 Å². The van der Waals surface area contributed by atoms with Gasteiger partial charge < -0.3 is 20.7 Å². The quantitative estimate of drug-likeness (QED) is 0.302. The van der Waals surface area contributed by atoms with Crippen molar-refractivity contribution in [3.05, 3.63) is 78.0 Å². The molecule has 0 saturated carbocycles. The number of nitrogens with one attached hydrogen (secondary N) is 3. The Morgan fingerprint density at radius 2 is 1.78 bits per heavy atom. The first-order valence-electron chi connectivity index (χ1n) is 11.0. The number of carbonyl (C=O) groups is 1. The van der Waals surface area contributed by atoms with Crippen LogP contribution in [0, 0.1) is 18.7 Å². The average Bonchev–Trinajstić information content (AvgIpc) is 2.86. The van der Waals surface area contributed by atoms with Crippen LogP contribution < -0.4 is 20.7 Å². The van der Waals surface area contributed by atoms with Gasteiger partial charge in [0.25, 0.3) is 5.91 Å². The van der Waals surface area contributed by atoms with E-state index in [0.717, 1.165) is 0 Å².